The Bertz CT molecular complexity index is 208. The van der Waals surface area contributed by atoms with E-state index in [-0.39, 0.29) is 0 Å². The normalized spacial score (nSPS) is 13.6. The molecule has 0 saturated heterocycles. The predicted octanol–water partition coefficient (Wildman–Crippen LogP) is 7.12. The quantitative estimate of drug-likeness (QED) is 0.245. The third-order valence-corrected chi connectivity index (χ3v) is 7.16. The van der Waals surface area contributed by atoms with E-state index >= 15 is 0 Å². The minimum atomic E-state index is -0.646. The monoisotopic (exact) mass is 313 g/mol. The summed E-state index contributed by atoms with van der Waals surface area (Å²) in [7, 11) is -0.646. The molecule has 0 fully saturated rings. The van der Waals surface area contributed by atoms with Crippen LogP contribution in [0.3, 0.4) is 0 Å². The lowest BCUT2D eigenvalue weighted by Crippen LogP contribution is -2.31. The van der Waals surface area contributed by atoms with E-state index in [1.54, 1.807) is 0 Å². The van der Waals surface area contributed by atoms with Crippen LogP contribution in [0.4, 0.5) is 0 Å². The van der Waals surface area contributed by atoms with E-state index in [4.69, 9.17) is 4.43 Å². The molecule has 0 saturated carbocycles. The predicted molar refractivity (Wildman–Crippen MR) is 98.3 cm³/mol. The van der Waals surface area contributed by atoms with Crippen molar-refractivity contribution in [3.05, 3.63) is 0 Å². The summed E-state index contributed by atoms with van der Waals surface area (Å²) in [6.45, 7) is 13.9. The molecule has 0 aromatic carbocycles. The second kappa shape index (κ2) is 13.8. The van der Waals surface area contributed by atoms with Crippen LogP contribution < -0.4 is 0 Å². The molecule has 0 aliphatic heterocycles. The van der Waals surface area contributed by atoms with Gasteiger partial charge in [-0.2, -0.15) is 0 Å². The third kappa shape index (κ3) is 11.4. The van der Waals surface area contributed by atoms with Crippen molar-refractivity contribution in [3.8, 4) is 0 Å². The highest BCUT2D eigenvalue weighted by Crippen LogP contribution is 2.24. The van der Waals surface area contributed by atoms with Gasteiger partial charge in [-0.3, -0.25) is 0 Å². The molecule has 0 heterocycles. The number of unbranched alkanes of at least 4 members (excludes halogenated alkanes) is 7. The van der Waals surface area contributed by atoms with Gasteiger partial charge in [0, 0.05) is 6.10 Å². The second-order valence-electron chi connectivity index (χ2n) is 7.12. The van der Waals surface area contributed by atoms with Crippen LogP contribution in [0.1, 0.15) is 106 Å². The average molecular weight is 314 g/mol. The Hall–Kier alpha value is 0.177. The molecule has 1 atom stereocenters. The van der Waals surface area contributed by atoms with E-state index in [0.29, 0.717) is 6.10 Å². The Labute approximate surface area is 137 Å². The first-order chi connectivity index (χ1) is 10.0. The zero-order valence-electron chi connectivity index (χ0n) is 15.7. The Balaban J connectivity index is 3.74. The first kappa shape index (κ1) is 21.2. The number of hydrogen-bond donors (Lipinski definition) is 0. The van der Waals surface area contributed by atoms with Crippen molar-refractivity contribution in [2.45, 2.75) is 123 Å². The molecule has 127 valence electrons. The third-order valence-electron chi connectivity index (χ3n) is 4.28. The molecular weight excluding hydrogens is 272 g/mol. The van der Waals surface area contributed by atoms with Gasteiger partial charge in [-0.15, -0.1) is 0 Å². The van der Waals surface area contributed by atoms with Gasteiger partial charge in [0.05, 0.1) is 0 Å². The van der Waals surface area contributed by atoms with Crippen molar-refractivity contribution in [1.29, 1.82) is 0 Å². The van der Waals surface area contributed by atoms with Gasteiger partial charge in [0.2, 0.25) is 9.04 Å². The maximum Gasteiger partial charge on any atom is 0.217 e. The van der Waals surface area contributed by atoms with Crippen molar-refractivity contribution in [2.24, 2.45) is 0 Å². The van der Waals surface area contributed by atoms with E-state index < -0.39 is 9.04 Å². The first-order valence-electron chi connectivity index (χ1n) is 9.56. The zero-order chi connectivity index (χ0) is 16.1. The van der Waals surface area contributed by atoms with E-state index in [0.717, 1.165) is 11.1 Å². The molecule has 0 aromatic heterocycles. The molecule has 0 amide bonds. The van der Waals surface area contributed by atoms with Crippen LogP contribution in [0.25, 0.3) is 0 Å². The van der Waals surface area contributed by atoms with Crippen LogP contribution in [0, 0.1) is 0 Å². The molecule has 21 heavy (non-hydrogen) atoms. The summed E-state index contributed by atoms with van der Waals surface area (Å²) in [5.41, 5.74) is 1.45. The fourth-order valence-electron chi connectivity index (χ4n) is 2.98. The summed E-state index contributed by atoms with van der Waals surface area (Å²) in [6.07, 6.45) is 14.2. The highest BCUT2D eigenvalue weighted by molar-refractivity contribution is 6.55. The summed E-state index contributed by atoms with van der Waals surface area (Å²) < 4.78 is 6.48. The van der Waals surface area contributed by atoms with Gasteiger partial charge in [0.15, 0.2) is 0 Å². The SMILES string of the molecule is CCCCCCCCCCC(CC)O[Si](C(C)C)C(C)C. The summed E-state index contributed by atoms with van der Waals surface area (Å²) in [5, 5.41) is 0. The van der Waals surface area contributed by atoms with E-state index in [9.17, 15) is 0 Å². The van der Waals surface area contributed by atoms with Gasteiger partial charge in [0.25, 0.3) is 0 Å². The van der Waals surface area contributed by atoms with Gasteiger partial charge in [-0.25, -0.2) is 0 Å². The molecule has 0 aliphatic carbocycles. The smallest absolute Gasteiger partial charge is 0.217 e. The topological polar surface area (TPSA) is 9.23 Å². The van der Waals surface area contributed by atoms with Gasteiger partial charge in [-0.05, 0) is 23.9 Å². The fourth-order valence-corrected chi connectivity index (χ4v) is 5.53. The van der Waals surface area contributed by atoms with Crippen molar-refractivity contribution in [1.82, 2.24) is 0 Å². The Kier molecular flexibility index (Phi) is 13.9. The molecule has 0 aromatic rings. The minimum Gasteiger partial charge on any atom is -0.413 e. The molecule has 0 rings (SSSR count). The average Bonchev–Trinajstić information content (AvgIpc) is 2.44. The summed E-state index contributed by atoms with van der Waals surface area (Å²) in [5.74, 6) is 0. The van der Waals surface area contributed by atoms with E-state index in [2.05, 4.69) is 41.5 Å². The molecule has 0 bridgehead atoms. The lowest BCUT2D eigenvalue weighted by Gasteiger charge is -2.28. The van der Waals surface area contributed by atoms with Crippen molar-refractivity contribution in [3.63, 3.8) is 0 Å². The molecule has 0 aliphatic rings. The lowest BCUT2D eigenvalue weighted by atomic mass is 10.0. The van der Waals surface area contributed by atoms with Crippen LogP contribution in [-0.2, 0) is 4.43 Å². The fraction of sp³-hybridized carbons (Fsp3) is 1.00. The highest BCUT2D eigenvalue weighted by Gasteiger charge is 2.25. The second-order valence-corrected chi connectivity index (χ2v) is 10.5. The van der Waals surface area contributed by atoms with Crippen LogP contribution in [0.15, 0.2) is 0 Å². The molecule has 1 radical (unpaired) electrons. The highest BCUT2D eigenvalue weighted by atomic mass is 28.3. The van der Waals surface area contributed by atoms with Crippen molar-refractivity contribution >= 4 is 9.04 Å². The summed E-state index contributed by atoms with van der Waals surface area (Å²) in [4.78, 5) is 0. The Morgan fingerprint density at radius 1 is 0.714 bits per heavy atom. The number of hydrogen-bond acceptors (Lipinski definition) is 1. The van der Waals surface area contributed by atoms with Crippen LogP contribution >= 0.6 is 0 Å². The van der Waals surface area contributed by atoms with Crippen LogP contribution in [0.5, 0.6) is 0 Å². The van der Waals surface area contributed by atoms with Crippen LogP contribution in [-0.4, -0.2) is 15.1 Å². The first-order valence-corrected chi connectivity index (χ1v) is 11.1. The van der Waals surface area contributed by atoms with Gasteiger partial charge < -0.3 is 4.43 Å². The van der Waals surface area contributed by atoms with E-state index in [1.165, 1.54) is 64.2 Å². The molecule has 0 N–H and O–H groups in total. The van der Waals surface area contributed by atoms with Gasteiger partial charge in [-0.1, -0.05) is 92.9 Å². The van der Waals surface area contributed by atoms with Crippen LogP contribution in [0.2, 0.25) is 11.1 Å². The Morgan fingerprint density at radius 2 is 1.19 bits per heavy atom. The number of rotatable bonds is 14. The zero-order valence-corrected chi connectivity index (χ0v) is 16.7. The lowest BCUT2D eigenvalue weighted by molar-refractivity contribution is 0.174. The van der Waals surface area contributed by atoms with Gasteiger partial charge in [0.1, 0.15) is 0 Å². The minimum absolute atomic E-state index is 0.517. The molecule has 2 heteroatoms. The molecule has 1 nitrogen and oxygen atoms in total. The summed E-state index contributed by atoms with van der Waals surface area (Å²) >= 11 is 0. The molecule has 0 spiro atoms. The van der Waals surface area contributed by atoms with Crippen molar-refractivity contribution in [2.75, 3.05) is 0 Å². The maximum absolute atomic E-state index is 6.48. The molecular formula is C19H41OSi. The standard InChI is InChI=1S/C19H41OSi/c1-7-9-10-11-12-13-14-15-16-19(8-2)20-21(17(3)4)18(5)6/h17-19H,7-16H2,1-6H3. The van der Waals surface area contributed by atoms with E-state index in [1.807, 2.05) is 0 Å². The maximum atomic E-state index is 6.48. The van der Waals surface area contributed by atoms with Gasteiger partial charge >= 0.3 is 0 Å². The summed E-state index contributed by atoms with van der Waals surface area (Å²) in [6, 6.07) is 0. The molecule has 1 unspecified atom stereocenters. The largest absolute Gasteiger partial charge is 0.413 e. The Morgan fingerprint density at radius 3 is 1.62 bits per heavy atom. The van der Waals surface area contributed by atoms with Crippen molar-refractivity contribution < 1.29 is 4.43 Å².